The molecule has 4 aromatic rings. The lowest BCUT2D eigenvalue weighted by Gasteiger charge is -2.21. The molecule has 5 heterocycles. The van der Waals surface area contributed by atoms with Gasteiger partial charge in [-0.25, -0.2) is 4.98 Å². The standard InChI is InChI=1S/C29H33N9/c1-6-8-27(38-17-19(2)33-18-38)24-15-32-29(34-20(24)3)28-23-12-25(31-16-26(23)35-36-28)22-11-21(13-30-14-22)9-7-10-37(4)5/h6,8,11-14,16-18H,1,7,9-10,15H2,2-5H3,(H,32,34)(H,35,36)/b27-8+. The van der Waals surface area contributed by atoms with Crippen molar-refractivity contribution in [3.05, 3.63) is 90.2 Å². The minimum atomic E-state index is 0.510. The highest BCUT2D eigenvalue weighted by molar-refractivity contribution is 6.09. The van der Waals surface area contributed by atoms with Crippen LogP contribution in [0.15, 0.2) is 78.2 Å². The molecular weight excluding hydrogens is 474 g/mol. The van der Waals surface area contributed by atoms with Gasteiger partial charge in [0.2, 0.25) is 0 Å². The summed E-state index contributed by atoms with van der Waals surface area (Å²) in [5.74, 6) is 0.727. The Bertz CT molecular complexity index is 1570. The molecule has 0 fully saturated rings. The lowest BCUT2D eigenvalue weighted by Crippen LogP contribution is -2.29. The highest BCUT2D eigenvalue weighted by atomic mass is 15.2. The first kappa shape index (κ1) is 25.3. The molecule has 0 spiro atoms. The van der Waals surface area contributed by atoms with Crippen molar-refractivity contribution < 1.29 is 0 Å². The van der Waals surface area contributed by atoms with E-state index in [0.717, 1.165) is 75.7 Å². The van der Waals surface area contributed by atoms with Gasteiger partial charge in [0.1, 0.15) is 5.69 Å². The molecule has 0 saturated heterocycles. The van der Waals surface area contributed by atoms with Crippen LogP contribution in [0.5, 0.6) is 0 Å². The summed E-state index contributed by atoms with van der Waals surface area (Å²) < 4.78 is 2.00. The lowest BCUT2D eigenvalue weighted by atomic mass is 10.1. The number of hydrogen-bond donors (Lipinski definition) is 2. The number of rotatable bonds is 9. The molecule has 0 amide bonds. The van der Waals surface area contributed by atoms with E-state index in [4.69, 9.17) is 4.99 Å². The molecule has 9 nitrogen and oxygen atoms in total. The number of aromatic amines is 1. The number of nitrogens with zero attached hydrogens (tertiary/aromatic N) is 7. The zero-order valence-electron chi connectivity index (χ0n) is 22.4. The van der Waals surface area contributed by atoms with Gasteiger partial charge >= 0.3 is 0 Å². The summed E-state index contributed by atoms with van der Waals surface area (Å²) in [5, 5.41) is 12.1. The van der Waals surface area contributed by atoms with Crippen molar-refractivity contribution in [3.63, 3.8) is 0 Å². The molecule has 38 heavy (non-hydrogen) atoms. The van der Waals surface area contributed by atoms with Crippen LogP contribution >= 0.6 is 0 Å². The first-order valence-electron chi connectivity index (χ1n) is 12.7. The highest BCUT2D eigenvalue weighted by Gasteiger charge is 2.21. The summed E-state index contributed by atoms with van der Waals surface area (Å²) in [5.41, 5.74) is 8.72. The van der Waals surface area contributed by atoms with Gasteiger partial charge < -0.3 is 14.8 Å². The van der Waals surface area contributed by atoms with E-state index in [-0.39, 0.29) is 0 Å². The second kappa shape index (κ2) is 10.9. The van der Waals surface area contributed by atoms with E-state index in [1.54, 1.807) is 6.08 Å². The third-order valence-electron chi connectivity index (χ3n) is 6.56. The maximum absolute atomic E-state index is 4.87. The van der Waals surface area contributed by atoms with Crippen LogP contribution in [0.2, 0.25) is 0 Å². The molecule has 0 radical (unpaired) electrons. The Morgan fingerprint density at radius 2 is 2.03 bits per heavy atom. The van der Waals surface area contributed by atoms with E-state index in [9.17, 15) is 0 Å². The molecule has 4 aromatic heterocycles. The van der Waals surface area contributed by atoms with Crippen LogP contribution in [-0.4, -0.2) is 67.6 Å². The van der Waals surface area contributed by atoms with Crippen LogP contribution in [0.3, 0.4) is 0 Å². The molecule has 1 aliphatic heterocycles. The number of pyridine rings is 2. The van der Waals surface area contributed by atoms with Crippen molar-refractivity contribution in [3.8, 4) is 11.3 Å². The maximum Gasteiger partial charge on any atom is 0.154 e. The van der Waals surface area contributed by atoms with Gasteiger partial charge in [-0.3, -0.25) is 20.1 Å². The Labute approximate surface area is 222 Å². The largest absolute Gasteiger partial charge is 0.342 e. The predicted octanol–water partition coefficient (Wildman–Crippen LogP) is 4.37. The van der Waals surface area contributed by atoms with E-state index in [2.05, 4.69) is 75.1 Å². The molecule has 0 atom stereocenters. The number of H-pyrrole nitrogens is 1. The minimum absolute atomic E-state index is 0.510. The van der Waals surface area contributed by atoms with Gasteiger partial charge in [0.25, 0.3) is 0 Å². The number of aliphatic imine (C=N–C) groups is 1. The molecule has 0 aromatic carbocycles. The van der Waals surface area contributed by atoms with Crippen LogP contribution in [0, 0.1) is 6.92 Å². The molecule has 0 bridgehead atoms. The number of aryl methyl sites for hydroxylation is 2. The van der Waals surface area contributed by atoms with Crippen molar-refractivity contribution >= 4 is 22.4 Å². The summed E-state index contributed by atoms with van der Waals surface area (Å²) >= 11 is 0. The van der Waals surface area contributed by atoms with Crippen LogP contribution < -0.4 is 5.32 Å². The number of nitrogens with one attached hydrogen (secondary N) is 2. The number of imidazole rings is 1. The van der Waals surface area contributed by atoms with E-state index >= 15 is 0 Å². The molecular formula is C29H33N9. The molecule has 0 unspecified atom stereocenters. The second-order valence-corrected chi connectivity index (χ2v) is 9.78. The Balaban J connectivity index is 1.41. The third kappa shape index (κ3) is 5.33. The van der Waals surface area contributed by atoms with Crippen molar-refractivity contribution in [1.29, 1.82) is 0 Å². The van der Waals surface area contributed by atoms with Crippen LogP contribution in [0.1, 0.15) is 30.3 Å². The van der Waals surface area contributed by atoms with E-state index in [0.29, 0.717) is 6.54 Å². The zero-order chi connectivity index (χ0) is 26.6. The van der Waals surface area contributed by atoms with Crippen molar-refractivity contribution in [2.24, 2.45) is 4.99 Å². The lowest BCUT2D eigenvalue weighted by molar-refractivity contribution is 0.400. The zero-order valence-corrected chi connectivity index (χ0v) is 22.4. The van der Waals surface area contributed by atoms with E-state index < -0.39 is 0 Å². The van der Waals surface area contributed by atoms with Crippen LogP contribution in [-0.2, 0) is 6.42 Å². The fraction of sp³-hybridized carbons (Fsp3) is 0.276. The number of allylic oxidation sites excluding steroid dienone is 3. The summed E-state index contributed by atoms with van der Waals surface area (Å²) in [6.45, 7) is 9.47. The summed E-state index contributed by atoms with van der Waals surface area (Å²) in [4.78, 5) is 20.6. The van der Waals surface area contributed by atoms with Crippen LogP contribution in [0.25, 0.3) is 27.9 Å². The van der Waals surface area contributed by atoms with Gasteiger partial charge in [-0.1, -0.05) is 12.7 Å². The van der Waals surface area contributed by atoms with Crippen molar-refractivity contribution in [2.45, 2.75) is 26.7 Å². The average Bonchev–Trinajstić information content (AvgIpc) is 3.53. The van der Waals surface area contributed by atoms with Gasteiger partial charge in [0, 0.05) is 40.8 Å². The van der Waals surface area contributed by atoms with Gasteiger partial charge in [-0.05, 0) is 71.1 Å². The molecule has 0 aliphatic carbocycles. The summed E-state index contributed by atoms with van der Waals surface area (Å²) in [6.07, 6.45) is 15.3. The maximum atomic E-state index is 4.87. The number of aromatic nitrogens is 6. The first-order valence-corrected chi connectivity index (χ1v) is 12.7. The molecule has 2 N–H and O–H groups in total. The number of hydrogen-bond acceptors (Lipinski definition) is 7. The van der Waals surface area contributed by atoms with Crippen molar-refractivity contribution in [1.82, 2.24) is 39.9 Å². The second-order valence-electron chi connectivity index (χ2n) is 9.78. The Kier molecular flexibility index (Phi) is 7.28. The first-order chi connectivity index (χ1) is 18.4. The smallest absolute Gasteiger partial charge is 0.154 e. The molecule has 194 valence electrons. The fourth-order valence-corrected chi connectivity index (χ4v) is 4.60. The van der Waals surface area contributed by atoms with Gasteiger partial charge in [0.05, 0.1) is 41.7 Å². The SMILES string of the molecule is C=C/C=C(\C1=C(C)NC(c2n[nH]c3cnc(-c4cncc(CCCN(C)C)c4)cc23)=NC1)n1cnc(C)c1. The molecule has 5 rings (SSSR count). The minimum Gasteiger partial charge on any atom is -0.342 e. The number of fused-ring (bicyclic) bond motifs is 1. The molecule has 1 aliphatic rings. The fourth-order valence-electron chi connectivity index (χ4n) is 4.60. The Morgan fingerprint density at radius 1 is 1.16 bits per heavy atom. The predicted molar refractivity (Wildman–Crippen MR) is 153 cm³/mol. The monoisotopic (exact) mass is 507 g/mol. The van der Waals surface area contributed by atoms with Gasteiger partial charge in [-0.15, -0.1) is 0 Å². The van der Waals surface area contributed by atoms with E-state index in [1.807, 2.05) is 48.7 Å². The average molecular weight is 508 g/mol. The Morgan fingerprint density at radius 3 is 2.76 bits per heavy atom. The van der Waals surface area contributed by atoms with Gasteiger partial charge in [-0.2, -0.15) is 5.10 Å². The molecule has 9 heteroatoms. The topological polar surface area (TPSA) is 99.9 Å². The van der Waals surface area contributed by atoms with E-state index in [1.165, 1.54) is 5.56 Å². The normalized spacial score (nSPS) is 14.2. The number of amidine groups is 1. The summed E-state index contributed by atoms with van der Waals surface area (Å²) in [7, 11) is 4.19. The molecule has 0 saturated carbocycles. The quantitative estimate of drug-likeness (QED) is 0.326. The van der Waals surface area contributed by atoms with Gasteiger partial charge in [0.15, 0.2) is 5.84 Å². The third-order valence-corrected chi connectivity index (χ3v) is 6.56. The highest BCUT2D eigenvalue weighted by Crippen LogP contribution is 2.27. The van der Waals surface area contributed by atoms with Crippen LogP contribution in [0.4, 0.5) is 0 Å². The van der Waals surface area contributed by atoms with Crippen molar-refractivity contribution in [2.75, 3.05) is 27.2 Å². The Hall–Kier alpha value is -4.37. The summed E-state index contributed by atoms with van der Waals surface area (Å²) in [6, 6.07) is 4.24.